The first-order valence-electron chi connectivity index (χ1n) is 7.77. The molecule has 2 unspecified atom stereocenters. The van der Waals surface area contributed by atoms with Crippen molar-refractivity contribution in [2.24, 2.45) is 0 Å². The van der Waals surface area contributed by atoms with Crippen LogP contribution < -0.4 is 0 Å². The van der Waals surface area contributed by atoms with Crippen molar-refractivity contribution in [1.82, 2.24) is 19.4 Å². The van der Waals surface area contributed by atoms with E-state index in [9.17, 15) is 0 Å². The maximum Gasteiger partial charge on any atom is 0.160 e. The molecule has 0 radical (unpaired) electrons. The molecule has 2 aromatic rings. The molecule has 5 heteroatoms. The molecule has 1 aliphatic rings. The normalized spacial score (nSPS) is 19.2. The van der Waals surface area contributed by atoms with Gasteiger partial charge in [-0.2, -0.15) is 0 Å². The number of halogens is 1. The van der Waals surface area contributed by atoms with Crippen LogP contribution in [0.2, 0.25) is 0 Å². The number of nitrogens with zero attached hydrogens (tertiary/aromatic N) is 4. The molecule has 3 heterocycles. The number of hydrogen-bond acceptors (Lipinski definition) is 3. The van der Waals surface area contributed by atoms with E-state index in [-0.39, 0.29) is 5.38 Å². The average molecular weight is 307 g/mol. The molecule has 0 spiro atoms. The van der Waals surface area contributed by atoms with Gasteiger partial charge >= 0.3 is 0 Å². The highest BCUT2D eigenvalue weighted by atomic mass is 35.5. The minimum Gasteiger partial charge on any atom is -0.307 e. The third kappa shape index (κ3) is 2.92. The Bertz CT molecular complexity index is 628. The lowest BCUT2D eigenvalue weighted by atomic mass is 10.2. The van der Waals surface area contributed by atoms with Crippen molar-refractivity contribution in [2.75, 3.05) is 19.6 Å². The molecule has 0 N–H and O–H groups in total. The van der Waals surface area contributed by atoms with Crippen LogP contribution >= 0.6 is 11.6 Å². The Morgan fingerprint density at radius 1 is 1.29 bits per heavy atom. The number of aromatic nitrogens is 3. The monoisotopic (exact) mass is 306 g/mol. The number of aryl methyl sites for hydroxylation is 1. The van der Waals surface area contributed by atoms with Gasteiger partial charge in [-0.1, -0.05) is 0 Å². The molecule has 1 fully saturated rings. The van der Waals surface area contributed by atoms with Crippen LogP contribution in [0.5, 0.6) is 0 Å². The van der Waals surface area contributed by atoms with Gasteiger partial charge in [0.1, 0.15) is 11.3 Å². The quantitative estimate of drug-likeness (QED) is 0.808. The molecule has 2 aromatic heterocycles. The third-order valence-corrected chi connectivity index (χ3v) is 4.41. The summed E-state index contributed by atoms with van der Waals surface area (Å²) in [4.78, 5) is 11.8. The van der Waals surface area contributed by atoms with Crippen molar-refractivity contribution < 1.29 is 0 Å². The molecule has 114 valence electrons. The molecule has 1 aliphatic heterocycles. The van der Waals surface area contributed by atoms with Crippen LogP contribution in [0.15, 0.2) is 12.3 Å². The highest BCUT2D eigenvalue weighted by Crippen LogP contribution is 2.28. The zero-order valence-corrected chi connectivity index (χ0v) is 13.8. The van der Waals surface area contributed by atoms with E-state index >= 15 is 0 Å². The minimum atomic E-state index is -0.111. The van der Waals surface area contributed by atoms with Crippen LogP contribution in [-0.2, 0) is 0 Å². The number of pyridine rings is 1. The molecule has 0 bridgehead atoms. The van der Waals surface area contributed by atoms with Gasteiger partial charge in [0.25, 0.3) is 0 Å². The summed E-state index contributed by atoms with van der Waals surface area (Å²) in [6, 6.07) is 2.42. The van der Waals surface area contributed by atoms with Crippen LogP contribution in [0, 0.1) is 6.92 Å². The van der Waals surface area contributed by atoms with E-state index in [0.717, 1.165) is 29.1 Å². The fraction of sp³-hybridized carbons (Fsp3) is 0.625. The number of imidazole rings is 1. The summed E-state index contributed by atoms with van der Waals surface area (Å²) in [6.45, 7) is 9.71. The molecular formula is C16H23ClN4. The number of rotatable bonds is 4. The first-order valence-corrected chi connectivity index (χ1v) is 8.21. The van der Waals surface area contributed by atoms with Gasteiger partial charge < -0.3 is 9.47 Å². The standard InChI is InChI=1S/C16H23ClN4/c1-11-8-14-16(18-9-11)21(15(19-14)13(3)17)12(2)10-20-6-4-5-7-20/h8-9,12-13H,4-7,10H2,1-3H3. The second kappa shape index (κ2) is 5.93. The highest BCUT2D eigenvalue weighted by molar-refractivity contribution is 6.20. The molecular weight excluding hydrogens is 284 g/mol. The Morgan fingerprint density at radius 2 is 2.00 bits per heavy atom. The summed E-state index contributed by atoms with van der Waals surface area (Å²) in [7, 11) is 0. The molecule has 1 saturated heterocycles. The van der Waals surface area contributed by atoms with Crippen molar-refractivity contribution in [3.8, 4) is 0 Å². The molecule has 4 nitrogen and oxygen atoms in total. The number of likely N-dealkylation sites (tertiary alicyclic amines) is 1. The summed E-state index contributed by atoms with van der Waals surface area (Å²) >= 11 is 6.36. The Hall–Kier alpha value is -1.13. The summed E-state index contributed by atoms with van der Waals surface area (Å²) in [5.74, 6) is 0.927. The molecule has 0 amide bonds. The van der Waals surface area contributed by atoms with Crippen LogP contribution in [0.1, 0.15) is 49.5 Å². The third-order valence-electron chi connectivity index (χ3n) is 4.21. The fourth-order valence-corrected chi connectivity index (χ4v) is 3.39. The Kier molecular flexibility index (Phi) is 4.18. The number of alkyl halides is 1. The predicted molar refractivity (Wildman–Crippen MR) is 86.9 cm³/mol. The topological polar surface area (TPSA) is 34.0 Å². The molecule has 21 heavy (non-hydrogen) atoms. The van der Waals surface area contributed by atoms with Crippen molar-refractivity contribution in [3.05, 3.63) is 23.7 Å². The van der Waals surface area contributed by atoms with Crippen LogP contribution in [0.25, 0.3) is 11.2 Å². The van der Waals surface area contributed by atoms with E-state index in [1.165, 1.54) is 25.9 Å². The zero-order valence-electron chi connectivity index (χ0n) is 13.0. The van der Waals surface area contributed by atoms with Gasteiger partial charge in [0, 0.05) is 18.8 Å². The smallest absolute Gasteiger partial charge is 0.160 e. The summed E-state index contributed by atoms with van der Waals surface area (Å²) in [5.41, 5.74) is 3.04. The van der Waals surface area contributed by atoms with Gasteiger partial charge in [0.05, 0.1) is 5.38 Å². The number of fused-ring (bicyclic) bond motifs is 1. The Morgan fingerprint density at radius 3 is 2.67 bits per heavy atom. The molecule has 0 aliphatic carbocycles. The lowest BCUT2D eigenvalue weighted by molar-refractivity contribution is 0.287. The van der Waals surface area contributed by atoms with Crippen molar-refractivity contribution in [1.29, 1.82) is 0 Å². The van der Waals surface area contributed by atoms with Crippen LogP contribution in [-0.4, -0.2) is 39.1 Å². The van der Waals surface area contributed by atoms with Gasteiger partial charge in [0.15, 0.2) is 5.65 Å². The summed E-state index contributed by atoms with van der Waals surface area (Å²) < 4.78 is 2.23. The molecule has 0 aromatic carbocycles. The van der Waals surface area contributed by atoms with Gasteiger partial charge in [-0.25, -0.2) is 9.97 Å². The van der Waals surface area contributed by atoms with Gasteiger partial charge in [-0.3, -0.25) is 0 Å². The fourth-order valence-electron chi connectivity index (χ4n) is 3.24. The average Bonchev–Trinajstić information content (AvgIpc) is 3.04. The van der Waals surface area contributed by atoms with E-state index < -0.39 is 0 Å². The zero-order chi connectivity index (χ0) is 15.0. The largest absolute Gasteiger partial charge is 0.307 e. The highest BCUT2D eigenvalue weighted by Gasteiger charge is 2.22. The first-order chi connectivity index (χ1) is 10.1. The van der Waals surface area contributed by atoms with Gasteiger partial charge in [0.2, 0.25) is 0 Å². The summed E-state index contributed by atoms with van der Waals surface area (Å²) in [6.07, 6.45) is 4.53. The van der Waals surface area contributed by atoms with E-state index in [0.29, 0.717) is 6.04 Å². The van der Waals surface area contributed by atoms with Gasteiger partial charge in [-0.05, 0) is 58.3 Å². The maximum atomic E-state index is 6.36. The van der Waals surface area contributed by atoms with Crippen LogP contribution in [0.4, 0.5) is 0 Å². The lowest BCUT2D eigenvalue weighted by Gasteiger charge is -2.23. The number of hydrogen-bond donors (Lipinski definition) is 0. The SMILES string of the molecule is Cc1cnc2c(c1)nc(C(C)Cl)n2C(C)CN1CCCC1. The molecule has 2 atom stereocenters. The molecule has 3 rings (SSSR count). The van der Waals surface area contributed by atoms with Crippen LogP contribution in [0.3, 0.4) is 0 Å². The Balaban J connectivity index is 1.99. The second-order valence-electron chi connectivity index (χ2n) is 6.17. The Labute approximate surface area is 131 Å². The van der Waals surface area contributed by atoms with Crippen molar-refractivity contribution in [2.45, 2.75) is 45.0 Å². The van der Waals surface area contributed by atoms with E-state index in [1.54, 1.807) is 0 Å². The molecule has 0 saturated carbocycles. The lowest BCUT2D eigenvalue weighted by Crippen LogP contribution is -2.28. The van der Waals surface area contributed by atoms with Gasteiger partial charge in [-0.15, -0.1) is 11.6 Å². The van der Waals surface area contributed by atoms with Crippen molar-refractivity contribution in [3.63, 3.8) is 0 Å². The maximum absolute atomic E-state index is 6.36. The van der Waals surface area contributed by atoms with E-state index in [4.69, 9.17) is 16.6 Å². The second-order valence-corrected chi connectivity index (χ2v) is 6.82. The van der Waals surface area contributed by atoms with E-state index in [2.05, 4.69) is 27.4 Å². The predicted octanol–water partition coefficient (Wildman–Crippen LogP) is 3.70. The summed E-state index contributed by atoms with van der Waals surface area (Å²) in [5, 5.41) is -0.111. The minimum absolute atomic E-state index is 0.111. The van der Waals surface area contributed by atoms with E-state index in [1.807, 2.05) is 20.0 Å². The first kappa shape index (κ1) is 14.8. The van der Waals surface area contributed by atoms with Crippen molar-refractivity contribution >= 4 is 22.8 Å².